The van der Waals surface area contributed by atoms with E-state index in [1.54, 1.807) is 36.4 Å². The fraction of sp³-hybridized carbons (Fsp3) is 0.300. The number of nitrogens with zero attached hydrogens (tertiary/aromatic N) is 6. The fourth-order valence-electron chi connectivity index (χ4n) is 3.48. The zero-order valence-corrected chi connectivity index (χ0v) is 18.1. The first-order valence-corrected chi connectivity index (χ1v) is 11.3. The molecule has 0 spiro atoms. The number of aromatic nitrogens is 4. The molecule has 31 heavy (non-hydrogen) atoms. The van der Waals surface area contributed by atoms with Gasteiger partial charge in [0.15, 0.2) is 0 Å². The van der Waals surface area contributed by atoms with Gasteiger partial charge in [0, 0.05) is 38.6 Å². The molecule has 3 aromatic rings. The van der Waals surface area contributed by atoms with E-state index in [-0.39, 0.29) is 10.8 Å². The van der Waals surface area contributed by atoms with Crippen LogP contribution in [-0.4, -0.2) is 66.0 Å². The quantitative estimate of drug-likeness (QED) is 0.620. The van der Waals surface area contributed by atoms with Gasteiger partial charge in [-0.15, -0.1) is 5.10 Å². The summed E-state index contributed by atoms with van der Waals surface area (Å²) in [6.45, 7) is 1.67. The van der Waals surface area contributed by atoms with E-state index >= 15 is 0 Å². The fourth-order valence-corrected chi connectivity index (χ4v) is 4.41. The van der Waals surface area contributed by atoms with Crippen LogP contribution in [0.25, 0.3) is 5.69 Å². The number of amides is 1. The highest BCUT2D eigenvalue weighted by atomic mass is 32.2. The molecule has 10 nitrogen and oxygen atoms in total. The Morgan fingerprint density at radius 2 is 1.77 bits per heavy atom. The van der Waals surface area contributed by atoms with Gasteiger partial charge in [0.05, 0.1) is 16.1 Å². The molecule has 2 heterocycles. The zero-order valence-electron chi connectivity index (χ0n) is 17.3. The first-order valence-electron chi connectivity index (χ1n) is 9.82. The van der Waals surface area contributed by atoms with Gasteiger partial charge in [0.25, 0.3) is 5.91 Å². The maximum Gasteiger partial charge on any atom is 0.257 e. The summed E-state index contributed by atoms with van der Waals surface area (Å²) in [6, 6.07) is 11.8. The maximum absolute atomic E-state index is 13.2. The van der Waals surface area contributed by atoms with Gasteiger partial charge >= 0.3 is 0 Å². The minimum absolute atomic E-state index is 0.0830. The normalized spacial score (nSPS) is 14.2. The lowest BCUT2D eigenvalue weighted by Crippen LogP contribution is -2.25. The van der Waals surface area contributed by atoms with Crippen LogP contribution in [-0.2, 0) is 10.0 Å². The number of hydrogen-bond acceptors (Lipinski definition) is 7. The molecule has 2 aromatic carbocycles. The highest BCUT2D eigenvalue weighted by Crippen LogP contribution is 2.29. The highest BCUT2D eigenvalue weighted by molar-refractivity contribution is 7.89. The van der Waals surface area contributed by atoms with Gasteiger partial charge in [-0.25, -0.2) is 17.4 Å². The van der Waals surface area contributed by atoms with Crippen LogP contribution in [0.15, 0.2) is 53.7 Å². The van der Waals surface area contributed by atoms with E-state index < -0.39 is 10.0 Å². The minimum atomic E-state index is -3.66. The van der Waals surface area contributed by atoms with Crippen LogP contribution in [0.5, 0.6) is 0 Å². The van der Waals surface area contributed by atoms with Crippen LogP contribution in [0.4, 0.5) is 11.4 Å². The number of nitrogens with one attached hydrogen (secondary N) is 1. The van der Waals surface area contributed by atoms with Crippen molar-refractivity contribution in [2.45, 2.75) is 17.7 Å². The largest absolute Gasteiger partial charge is 0.371 e. The van der Waals surface area contributed by atoms with Crippen molar-refractivity contribution >= 4 is 27.3 Å². The minimum Gasteiger partial charge on any atom is -0.371 e. The second kappa shape index (κ2) is 8.44. The molecule has 4 rings (SSSR count). The van der Waals surface area contributed by atoms with Gasteiger partial charge < -0.3 is 10.2 Å². The Hall–Kier alpha value is -3.31. The van der Waals surface area contributed by atoms with Crippen LogP contribution in [0.1, 0.15) is 23.2 Å². The van der Waals surface area contributed by atoms with Crippen LogP contribution in [0.3, 0.4) is 0 Å². The number of benzene rings is 2. The Labute approximate surface area is 180 Å². The van der Waals surface area contributed by atoms with Gasteiger partial charge in [-0.2, -0.15) is 0 Å². The molecule has 0 saturated carbocycles. The lowest BCUT2D eigenvalue weighted by atomic mass is 10.1. The predicted octanol–water partition coefficient (Wildman–Crippen LogP) is 1.77. The molecule has 162 valence electrons. The Kier molecular flexibility index (Phi) is 5.70. The number of rotatable bonds is 6. The summed E-state index contributed by atoms with van der Waals surface area (Å²) in [4.78, 5) is 15.4. The van der Waals surface area contributed by atoms with Crippen molar-refractivity contribution in [2.75, 3.05) is 37.4 Å². The molecule has 0 aliphatic carbocycles. The SMILES string of the molecule is CN(C)S(=O)(=O)c1ccc(N2CCCC2)c(C(=O)Nc2ccc(-n3cnnn3)cc2)c1. The maximum atomic E-state index is 13.2. The summed E-state index contributed by atoms with van der Waals surface area (Å²) in [5, 5.41) is 13.9. The van der Waals surface area contributed by atoms with Crippen LogP contribution in [0, 0.1) is 0 Å². The summed E-state index contributed by atoms with van der Waals surface area (Å²) in [5.41, 5.74) is 2.39. The molecule has 1 saturated heterocycles. The van der Waals surface area contributed by atoms with Gasteiger partial charge in [0.2, 0.25) is 10.0 Å². The summed E-state index contributed by atoms with van der Waals surface area (Å²) >= 11 is 0. The molecule has 1 aliphatic rings. The Bertz CT molecular complexity index is 1170. The van der Waals surface area contributed by atoms with Crippen LogP contribution < -0.4 is 10.2 Å². The number of carbonyl (C=O) groups excluding carboxylic acids is 1. The number of tetrazole rings is 1. The summed E-state index contributed by atoms with van der Waals surface area (Å²) in [5.74, 6) is -0.368. The smallest absolute Gasteiger partial charge is 0.257 e. The van der Waals surface area contributed by atoms with Gasteiger partial charge in [-0.05, 0) is 65.7 Å². The standard InChI is InChI=1S/C20H23N7O3S/c1-25(2)31(29,30)17-9-10-19(26-11-3-4-12-26)18(13-17)20(28)22-15-5-7-16(8-6-15)27-14-21-23-24-27/h5-10,13-14H,3-4,11-12H2,1-2H3,(H,22,28). The Morgan fingerprint density at radius 1 is 1.06 bits per heavy atom. The first-order chi connectivity index (χ1) is 14.9. The van der Waals surface area contributed by atoms with Crippen LogP contribution >= 0.6 is 0 Å². The predicted molar refractivity (Wildman–Crippen MR) is 116 cm³/mol. The molecule has 1 N–H and O–H groups in total. The lowest BCUT2D eigenvalue weighted by molar-refractivity contribution is 0.102. The molecule has 0 unspecified atom stereocenters. The van der Waals surface area contributed by atoms with E-state index in [4.69, 9.17) is 0 Å². The van der Waals surface area contributed by atoms with Crippen molar-refractivity contribution < 1.29 is 13.2 Å². The average Bonchev–Trinajstić information content (AvgIpc) is 3.48. The second-order valence-electron chi connectivity index (χ2n) is 7.42. The number of anilines is 2. The molecule has 1 amide bonds. The number of sulfonamides is 1. The average molecular weight is 442 g/mol. The van der Waals surface area contributed by atoms with E-state index in [1.807, 2.05) is 0 Å². The third-order valence-electron chi connectivity index (χ3n) is 5.18. The molecule has 0 bridgehead atoms. The van der Waals surface area contributed by atoms with Crippen molar-refractivity contribution in [2.24, 2.45) is 0 Å². The second-order valence-corrected chi connectivity index (χ2v) is 9.57. The van der Waals surface area contributed by atoms with Crippen molar-refractivity contribution in [1.82, 2.24) is 24.5 Å². The van der Waals surface area contributed by atoms with Crippen LogP contribution in [0.2, 0.25) is 0 Å². The molecule has 0 radical (unpaired) electrons. The van der Waals surface area contributed by atoms with Gasteiger partial charge in [-0.1, -0.05) is 0 Å². The molecular formula is C20H23N7O3S. The van der Waals surface area contributed by atoms with E-state index in [1.165, 1.54) is 31.2 Å². The summed E-state index contributed by atoms with van der Waals surface area (Å²) < 4.78 is 27.9. The number of carbonyl (C=O) groups is 1. The zero-order chi connectivity index (χ0) is 22.0. The summed E-state index contributed by atoms with van der Waals surface area (Å²) in [7, 11) is -0.728. The van der Waals surface area contributed by atoms with Gasteiger partial charge in [0.1, 0.15) is 6.33 Å². The van der Waals surface area contributed by atoms with E-state index in [0.717, 1.165) is 41.6 Å². The molecule has 0 atom stereocenters. The van der Waals surface area contributed by atoms with Gasteiger partial charge in [-0.3, -0.25) is 4.79 Å². The molecule has 1 aliphatic heterocycles. The topological polar surface area (TPSA) is 113 Å². The highest BCUT2D eigenvalue weighted by Gasteiger charge is 2.24. The molecular weight excluding hydrogens is 418 g/mol. The Morgan fingerprint density at radius 3 is 2.39 bits per heavy atom. The van der Waals surface area contributed by atoms with Crippen molar-refractivity contribution in [3.63, 3.8) is 0 Å². The Balaban J connectivity index is 1.65. The molecule has 11 heteroatoms. The third-order valence-corrected chi connectivity index (χ3v) is 6.99. The lowest BCUT2D eigenvalue weighted by Gasteiger charge is -2.22. The van der Waals surface area contributed by atoms with Crippen molar-refractivity contribution in [3.05, 3.63) is 54.4 Å². The first kappa shape index (κ1) is 20.9. The van der Waals surface area contributed by atoms with E-state index in [2.05, 4.69) is 25.7 Å². The molecule has 1 fully saturated rings. The van der Waals surface area contributed by atoms with E-state index in [0.29, 0.717) is 11.3 Å². The summed E-state index contributed by atoms with van der Waals surface area (Å²) in [6.07, 6.45) is 3.56. The monoisotopic (exact) mass is 441 g/mol. The third kappa shape index (κ3) is 4.28. The number of hydrogen-bond donors (Lipinski definition) is 1. The van der Waals surface area contributed by atoms with Crippen molar-refractivity contribution in [1.29, 1.82) is 0 Å². The molecule has 1 aromatic heterocycles. The van der Waals surface area contributed by atoms with E-state index in [9.17, 15) is 13.2 Å². The van der Waals surface area contributed by atoms with Crippen molar-refractivity contribution in [3.8, 4) is 5.69 Å².